The molecule has 1 aromatic rings. The SMILES string of the molecule is CC(=O)Nc1ccc(/C=C\C(=O)N(C)[C@@H]2[C@@H]3CCO[C@H]3C2(C)C)cc1. The first-order valence-electron chi connectivity index (χ1n) is 8.75. The van der Waals surface area contributed by atoms with Crippen molar-refractivity contribution >= 4 is 23.6 Å². The zero-order valence-corrected chi connectivity index (χ0v) is 15.3. The number of hydrogen-bond donors (Lipinski definition) is 1. The maximum absolute atomic E-state index is 12.6. The number of benzene rings is 1. The first kappa shape index (κ1) is 17.7. The summed E-state index contributed by atoms with van der Waals surface area (Å²) in [5.74, 6) is 0.362. The van der Waals surface area contributed by atoms with E-state index in [0.29, 0.717) is 5.92 Å². The van der Waals surface area contributed by atoms with Crippen molar-refractivity contribution in [2.75, 3.05) is 19.0 Å². The van der Waals surface area contributed by atoms with Gasteiger partial charge in [-0.05, 0) is 30.2 Å². The zero-order chi connectivity index (χ0) is 18.2. The molecule has 1 N–H and O–H groups in total. The molecule has 3 rings (SSSR count). The average molecular weight is 342 g/mol. The molecule has 1 aromatic carbocycles. The van der Waals surface area contributed by atoms with Gasteiger partial charge in [0.15, 0.2) is 0 Å². The summed E-state index contributed by atoms with van der Waals surface area (Å²) < 4.78 is 5.81. The molecule has 25 heavy (non-hydrogen) atoms. The van der Waals surface area contributed by atoms with Gasteiger partial charge in [0.05, 0.1) is 6.10 Å². The molecule has 1 heterocycles. The largest absolute Gasteiger partial charge is 0.377 e. The van der Waals surface area contributed by atoms with Crippen LogP contribution in [0, 0.1) is 11.3 Å². The van der Waals surface area contributed by atoms with Gasteiger partial charge >= 0.3 is 0 Å². The summed E-state index contributed by atoms with van der Waals surface area (Å²) in [4.78, 5) is 25.5. The average Bonchev–Trinajstić information content (AvgIpc) is 2.99. The molecule has 3 atom stereocenters. The predicted molar refractivity (Wildman–Crippen MR) is 98.0 cm³/mol. The third-order valence-electron chi connectivity index (χ3n) is 5.45. The maximum Gasteiger partial charge on any atom is 0.246 e. The molecule has 0 spiro atoms. The summed E-state index contributed by atoms with van der Waals surface area (Å²) in [5, 5.41) is 2.73. The van der Waals surface area contributed by atoms with Crippen molar-refractivity contribution < 1.29 is 14.3 Å². The Balaban J connectivity index is 1.63. The van der Waals surface area contributed by atoms with Crippen molar-refractivity contribution in [1.29, 1.82) is 0 Å². The van der Waals surface area contributed by atoms with E-state index in [2.05, 4.69) is 19.2 Å². The van der Waals surface area contributed by atoms with E-state index >= 15 is 0 Å². The Bertz CT molecular complexity index is 693. The molecule has 0 aromatic heterocycles. The predicted octanol–water partition coefficient (Wildman–Crippen LogP) is 2.93. The molecule has 0 bridgehead atoms. The number of ether oxygens (including phenoxy) is 1. The highest BCUT2D eigenvalue weighted by molar-refractivity contribution is 5.92. The summed E-state index contributed by atoms with van der Waals surface area (Å²) in [7, 11) is 1.88. The maximum atomic E-state index is 12.6. The van der Waals surface area contributed by atoms with Crippen LogP contribution in [0.5, 0.6) is 0 Å². The number of carbonyl (C=O) groups excluding carboxylic acids is 2. The third kappa shape index (κ3) is 3.33. The highest BCUT2D eigenvalue weighted by Crippen LogP contribution is 2.54. The van der Waals surface area contributed by atoms with E-state index in [1.54, 1.807) is 6.08 Å². The fraction of sp³-hybridized carbons (Fsp3) is 0.500. The molecule has 1 aliphatic heterocycles. The molecule has 5 heteroatoms. The molecule has 1 aliphatic carbocycles. The number of nitrogens with one attached hydrogen (secondary N) is 1. The van der Waals surface area contributed by atoms with Crippen LogP contribution in [-0.4, -0.2) is 42.5 Å². The molecule has 0 radical (unpaired) electrons. The normalized spacial score (nSPS) is 26.8. The van der Waals surface area contributed by atoms with Crippen molar-refractivity contribution in [3.05, 3.63) is 35.9 Å². The van der Waals surface area contributed by atoms with Gasteiger partial charge in [-0.1, -0.05) is 26.0 Å². The molecule has 2 fully saturated rings. The lowest BCUT2D eigenvalue weighted by Crippen LogP contribution is -2.66. The Hall–Kier alpha value is -2.14. The molecular weight excluding hydrogens is 316 g/mol. The molecule has 1 saturated carbocycles. The van der Waals surface area contributed by atoms with Crippen molar-refractivity contribution in [3.63, 3.8) is 0 Å². The number of rotatable bonds is 4. The minimum Gasteiger partial charge on any atom is -0.377 e. The lowest BCUT2D eigenvalue weighted by molar-refractivity contribution is -0.163. The van der Waals surface area contributed by atoms with E-state index < -0.39 is 0 Å². The van der Waals surface area contributed by atoms with Crippen LogP contribution in [-0.2, 0) is 14.3 Å². The quantitative estimate of drug-likeness (QED) is 0.856. The van der Waals surface area contributed by atoms with Gasteiger partial charge in [0.2, 0.25) is 11.8 Å². The van der Waals surface area contributed by atoms with Gasteiger partial charge in [-0.15, -0.1) is 0 Å². The summed E-state index contributed by atoms with van der Waals surface area (Å²) in [6, 6.07) is 7.63. The fourth-order valence-corrected chi connectivity index (χ4v) is 4.39. The molecular formula is C20H26N2O3. The van der Waals surface area contributed by atoms with E-state index in [1.165, 1.54) is 6.92 Å². The Kier molecular flexibility index (Phi) is 4.69. The van der Waals surface area contributed by atoms with Crippen LogP contribution in [0.15, 0.2) is 30.3 Å². The summed E-state index contributed by atoms with van der Waals surface area (Å²) >= 11 is 0. The third-order valence-corrected chi connectivity index (χ3v) is 5.45. The van der Waals surface area contributed by atoms with E-state index in [0.717, 1.165) is 24.3 Å². The molecule has 1 saturated heterocycles. The molecule has 2 aliphatic rings. The van der Waals surface area contributed by atoms with Gasteiger partial charge in [0.1, 0.15) is 0 Å². The number of likely N-dealkylation sites (N-methyl/N-ethyl adjacent to an activating group) is 1. The Morgan fingerprint density at radius 1 is 1.28 bits per heavy atom. The minimum absolute atomic E-state index is 0.000571. The minimum atomic E-state index is -0.0996. The van der Waals surface area contributed by atoms with Gasteiger partial charge in [-0.25, -0.2) is 0 Å². The topological polar surface area (TPSA) is 58.6 Å². The zero-order valence-electron chi connectivity index (χ0n) is 15.3. The van der Waals surface area contributed by atoms with E-state index in [-0.39, 0.29) is 29.4 Å². The highest BCUT2D eigenvalue weighted by atomic mass is 16.5. The van der Waals surface area contributed by atoms with Crippen molar-refractivity contribution in [3.8, 4) is 0 Å². The van der Waals surface area contributed by atoms with Gasteiger partial charge in [0.25, 0.3) is 0 Å². The van der Waals surface area contributed by atoms with Crippen molar-refractivity contribution in [2.45, 2.75) is 39.3 Å². The molecule has 134 valence electrons. The van der Waals surface area contributed by atoms with Gasteiger partial charge in [-0.3, -0.25) is 9.59 Å². The van der Waals surface area contributed by atoms with E-state index in [1.807, 2.05) is 42.3 Å². The van der Waals surface area contributed by atoms with Crippen LogP contribution in [0.3, 0.4) is 0 Å². The number of fused-ring (bicyclic) bond motifs is 1. The fourth-order valence-electron chi connectivity index (χ4n) is 4.39. The number of amides is 2. The van der Waals surface area contributed by atoms with Gasteiger partial charge in [0, 0.05) is 49.7 Å². The van der Waals surface area contributed by atoms with Gasteiger partial charge in [-0.2, -0.15) is 0 Å². The monoisotopic (exact) mass is 342 g/mol. The molecule has 2 amide bonds. The Morgan fingerprint density at radius 3 is 2.60 bits per heavy atom. The van der Waals surface area contributed by atoms with Crippen LogP contribution in [0.25, 0.3) is 6.08 Å². The summed E-state index contributed by atoms with van der Waals surface area (Å²) in [6.07, 6.45) is 4.74. The standard InChI is InChI=1S/C20H26N2O3/c1-13(23)21-15-8-5-14(6-9-15)7-10-17(24)22(4)18-16-11-12-25-19(16)20(18,2)3/h5-10,16,18-19H,11-12H2,1-4H3,(H,21,23)/b10-7-/t16-,18+,19+/m0/s1. The lowest BCUT2D eigenvalue weighted by Gasteiger charge is -2.57. The van der Waals surface area contributed by atoms with Crippen LogP contribution in [0.2, 0.25) is 0 Å². The molecule has 0 unspecified atom stereocenters. The number of hydrogen-bond acceptors (Lipinski definition) is 3. The second-order valence-electron chi connectivity index (χ2n) is 7.60. The van der Waals surface area contributed by atoms with Gasteiger partial charge < -0.3 is 15.0 Å². The number of carbonyl (C=O) groups is 2. The Labute approximate surface area is 149 Å². The highest BCUT2D eigenvalue weighted by Gasteiger charge is 2.61. The second-order valence-corrected chi connectivity index (χ2v) is 7.60. The van der Waals surface area contributed by atoms with Crippen molar-refractivity contribution in [1.82, 2.24) is 4.90 Å². The smallest absolute Gasteiger partial charge is 0.246 e. The van der Waals surface area contributed by atoms with Crippen molar-refractivity contribution in [2.24, 2.45) is 11.3 Å². The number of nitrogens with zero attached hydrogens (tertiary/aromatic N) is 1. The first-order chi connectivity index (χ1) is 11.8. The van der Waals surface area contributed by atoms with Crippen LogP contribution >= 0.6 is 0 Å². The van der Waals surface area contributed by atoms with E-state index in [4.69, 9.17) is 4.74 Å². The lowest BCUT2D eigenvalue weighted by atomic mass is 9.57. The van der Waals surface area contributed by atoms with Crippen LogP contribution < -0.4 is 5.32 Å². The van der Waals surface area contributed by atoms with Crippen LogP contribution in [0.4, 0.5) is 5.69 Å². The Morgan fingerprint density at radius 2 is 1.96 bits per heavy atom. The second kappa shape index (κ2) is 6.64. The van der Waals surface area contributed by atoms with E-state index in [9.17, 15) is 9.59 Å². The summed E-state index contributed by atoms with van der Waals surface area (Å²) in [5.41, 5.74) is 1.67. The summed E-state index contributed by atoms with van der Waals surface area (Å²) in [6.45, 7) is 6.63. The number of anilines is 1. The first-order valence-corrected chi connectivity index (χ1v) is 8.75. The van der Waals surface area contributed by atoms with Crippen LogP contribution in [0.1, 0.15) is 32.8 Å². The molecule has 5 nitrogen and oxygen atoms in total.